The second-order valence-electron chi connectivity index (χ2n) is 2.40. The van der Waals surface area contributed by atoms with Crippen LogP contribution in [0.1, 0.15) is 0 Å². The maximum absolute atomic E-state index is 10.9. The van der Waals surface area contributed by atoms with Crippen molar-refractivity contribution in [1.82, 2.24) is 15.5 Å². The molecule has 5 nitrogen and oxygen atoms in total. The zero-order chi connectivity index (χ0) is 10.6. The van der Waals surface area contributed by atoms with Crippen LogP contribution in [0.3, 0.4) is 0 Å². The van der Waals surface area contributed by atoms with Gasteiger partial charge in [-0.15, -0.1) is 10.2 Å². The van der Waals surface area contributed by atoms with Gasteiger partial charge in [-0.05, 0) is 0 Å². The minimum absolute atomic E-state index is 0.109. The Morgan fingerprint density at radius 2 is 2.21 bits per heavy atom. The second-order valence-corrected chi connectivity index (χ2v) is 3.14. The van der Waals surface area contributed by atoms with Crippen LogP contribution in [0, 0.1) is 0 Å². The summed E-state index contributed by atoms with van der Waals surface area (Å²) in [5.41, 5.74) is 0.482. The molecular weight excluding hydrogens is 227 g/mol. The molecule has 0 bridgehead atoms. The molecule has 0 aliphatic carbocycles. The van der Waals surface area contributed by atoms with Crippen molar-refractivity contribution in [3.63, 3.8) is 0 Å². The first-order valence-electron chi connectivity index (χ1n) is 3.76. The summed E-state index contributed by atoms with van der Waals surface area (Å²) in [6.45, 7) is 0.109. The molecule has 0 unspecified atom stereocenters. The Labute approximate surface area is 90.8 Å². The van der Waals surface area contributed by atoms with Gasteiger partial charge in [-0.2, -0.15) is 0 Å². The highest BCUT2D eigenvalue weighted by molar-refractivity contribution is 6.33. The van der Waals surface area contributed by atoms with Gasteiger partial charge in [-0.3, -0.25) is 4.79 Å². The molecule has 0 fully saturated rings. The lowest BCUT2D eigenvalue weighted by molar-refractivity contribution is -0.118. The summed E-state index contributed by atoms with van der Waals surface area (Å²) in [5, 5.41) is 12.7. The number of hydrogen-bond acceptors (Lipinski definition) is 4. The maximum atomic E-state index is 10.9. The van der Waals surface area contributed by atoms with Gasteiger partial charge < -0.3 is 10.6 Å². The van der Waals surface area contributed by atoms with Crippen LogP contribution < -0.4 is 10.6 Å². The zero-order valence-electron chi connectivity index (χ0n) is 7.34. The molecule has 14 heavy (non-hydrogen) atoms. The van der Waals surface area contributed by atoms with E-state index in [0.29, 0.717) is 5.69 Å². The fraction of sp³-hybridized carbons (Fsp3) is 0.286. The predicted octanol–water partition coefficient (Wildman–Crippen LogP) is 0.941. The van der Waals surface area contributed by atoms with Crippen LogP contribution in [0.25, 0.3) is 0 Å². The van der Waals surface area contributed by atoms with Crippen molar-refractivity contribution in [1.29, 1.82) is 0 Å². The van der Waals surface area contributed by atoms with Gasteiger partial charge in [0.25, 0.3) is 0 Å². The van der Waals surface area contributed by atoms with E-state index >= 15 is 0 Å². The molecule has 1 rings (SSSR count). The number of carbonyl (C=O) groups is 1. The maximum Gasteiger partial charge on any atom is 0.239 e. The fourth-order valence-corrected chi connectivity index (χ4v) is 1.05. The molecule has 76 valence electrons. The number of rotatable bonds is 3. The van der Waals surface area contributed by atoms with Gasteiger partial charge in [-0.25, -0.2) is 0 Å². The molecule has 0 spiro atoms. The quantitative estimate of drug-likeness (QED) is 0.818. The average Bonchev–Trinajstić information content (AvgIpc) is 2.19. The predicted molar refractivity (Wildman–Crippen MR) is 54.6 cm³/mol. The van der Waals surface area contributed by atoms with Crippen molar-refractivity contribution in [2.45, 2.75) is 0 Å². The minimum atomic E-state index is -0.158. The van der Waals surface area contributed by atoms with E-state index in [-0.39, 0.29) is 22.8 Å². The zero-order valence-corrected chi connectivity index (χ0v) is 8.85. The lowest BCUT2D eigenvalue weighted by atomic mass is 10.4. The third kappa shape index (κ3) is 3.01. The molecule has 7 heteroatoms. The van der Waals surface area contributed by atoms with Crippen molar-refractivity contribution in [3.05, 3.63) is 16.4 Å². The van der Waals surface area contributed by atoms with Crippen LogP contribution in [0.4, 0.5) is 5.69 Å². The van der Waals surface area contributed by atoms with E-state index in [1.807, 2.05) is 0 Å². The summed E-state index contributed by atoms with van der Waals surface area (Å²) in [7, 11) is 1.55. The van der Waals surface area contributed by atoms with E-state index in [1.165, 1.54) is 6.07 Å². The van der Waals surface area contributed by atoms with E-state index in [4.69, 9.17) is 23.2 Å². The Balaban J connectivity index is 2.66. The molecule has 1 aromatic rings. The number of aromatic nitrogens is 2. The van der Waals surface area contributed by atoms with Crippen molar-refractivity contribution in [2.75, 3.05) is 18.9 Å². The summed E-state index contributed by atoms with van der Waals surface area (Å²) < 4.78 is 0. The first-order chi connectivity index (χ1) is 6.63. The average molecular weight is 235 g/mol. The Bertz CT molecular complexity index is 344. The molecule has 1 aromatic heterocycles. The standard InChI is InChI=1S/C7H8Cl2N4O/c1-10-6(14)3-11-4-2-5(8)12-13-7(4)9/h2H,3H2,1H3,(H,10,14)(H,11,12). The monoisotopic (exact) mass is 234 g/mol. The number of carbonyl (C=O) groups excluding carboxylic acids is 1. The minimum Gasteiger partial charge on any atom is -0.374 e. The number of nitrogens with one attached hydrogen (secondary N) is 2. The number of nitrogens with zero attached hydrogens (tertiary/aromatic N) is 2. The Morgan fingerprint density at radius 1 is 1.50 bits per heavy atom. The van der Waals surface area contributed by atoms with Gasteiger partial charge in [0.05, 0.1) is 12.2 Å². The van der Waals surface area contributed by atoms with E-state index in [9.17, 15) is 4.79 Å². The molecule has 0 aliphatic heterocycles. The summed E-state index contributed by atoms with van der Waals surface area (Å²) in [4.78, 5) is 10.9. The third-order valence-corrected chi connectivity index (χ3v) is 1.90. The highest BCUT2D eigenvalue weighted by Gasteiger charge is 2.04. The lowest BCUT2D eigenvalue weighted by Crippen LogP contribution is -2.26. The van der Waals surface area contributed by atoms with Crippen LogP contribution in [0.15, 0.2) is 6.07 Å². The van der Waals surface area contributed by atoms with E-state index in [0.717, 1.165) is 0 Å². The normalized spacial score (nSPS) is 9.64. The van der Waals surface area contributed by atoms with Gasteiger partial charge in [0.1, 0.15) is 0 Å². The van der Waals surface area contributed by atoms with Crippen LogP contribution in [-0.2, 0) is 4.79 Å². The topological polar surface area (TPSA) is 66.9 Å². The molecule has 0 radical (unpaired) electrons. The summed E-state index contributed by atoms with van der Waals surface area (Å²) >= 11 is 11.3. The van der Waals surface area contributed by atoms with Crippen LogP contribution >= 0.6 is 23.2 Å². The lowest BCUT2D eigenvalue weighted by Gasteiger charge is -2.05. The van der Waals surface area contributed by atoms with Crippen LogP contribution in [0.5, 0.6) is 0 Å². The number of hydrogen-bond donors (Lipinski definition) is 2. The van der Waals surface area contributed by atoms with Crippen molar-refractivity contribution in [3.8, 4) is 0 Å². The summed E-state index contributed by atoms with van der Waals surface area (Å²) in [5.74, 6) is -0.158. The number of anilines is 1. The van der Waals surface area contributed by atoms with Crippen LogP contribution in [-0.4, -0.2) is 29.7 Å². The highest BCUT2D eigenvalue weighted by Crippen LogP contribution is 2.20. The first-order valence-corrected chi connectivity index (χ1v) is 4.52. The summed E-state index contributed by atoms with van der Waals surface area (Å²) in [6.07, 6.45) is 0. The number of amides is 1. The van der Waals surface area contributed by atoms with Gasteiger partial charge in [0.15, 0.2) is 10.3 Å². The molecule has 0 saturated carbocycles. The van der Waals surface area contributed by atoms with E-state index < -0.39 is 0 Å². The number of halogens is 2. The molecule has 1 amide bonds. The molecule has 0 saturated heterocycles. The molecule has 1 heterocycles. The number of likely N-dealkylation sites (N-methyl/N-ethyl adjacent to an activating group) is 1. The van der Waals surface area contributed by atoms with Crippen molar-refractivity contribution >= 4 is 34.8 Å². The van der Waals surface area contributed by atoms with Crippen molar-refractivity contribution in [2.24, 2.45) is 0 Å². The second kappa shape index (κ2) is 4.97. The first kappa shape index (κ1) is 11.0. The molecule has 2 N–H and O–H groups in total. The van der Waals surface area contributed by atoms with Crippen molar-refractivity contribution < 1.29 is 4.79 Å². The molecular formula is C7H8Cl2N4O. The largest absolute Gasteiger partial charge is 0.374 e. The SMILES string of the molecule is CNC(=O)CNc1cc(Cl)nnc1Cl. The summed E-state index contributed by atoms with van der Waals surface area (Å²) in [6, 6.07) is 1.50. The Hall–Kier alpha value is -1.07. The smallest absolute Gasteiger partial charge is 0.239 e. The fourth-order valence-electron chi connectivity index (χ4n) is 0.741. The Kier molecular flexibility index (Phi) is 3.91. The van der Waals surface area contributed by atoms with Gasteiger partial charge in [0.2, 0.25) is 5.91 Å². The highest BCUT2D eigenvalue weighted by atomic mass is 35.5. The van der Waals surface area contributed by atoms with E-state index in [2.05, 4.69) is 20.8 Å². The van der Waals surface area contributed by atoms with Gasteiger partial charge in [-0.1, -0.05) is 23.2 Å². The molecule has 0 aliphatic rings. The van der Waals surface area contributed by atoms with Gasteiger partial charge in [0, 0.05) is 13.1 Å². The Morgan fingerprint density at radius 3 is 2.86 bits per heavy atom. The van der Waals surface area contributed by atoms with Gasteiger partial charge >= 0.3 is 0 Å². The molecule has 0 atom stereocenters. The van der Waals surface area contributed by atoms with Crippen LogP contribution in [0.2, 0.25) is 10.3 Å². The molecule has 0 aromatic carbocycles. The van der Waals surface area contributed by atoms with E-state index in [1.54, 1.807) is 7.05 Å². The third-order valence-electron chi connectivity index (χ3n) is 1.44.